The fourth-order valence-electron chi connectivity index (χ4n) is 3.72. The highest BCUT2D eigenvalue weighted by Gasteiger charge is 2.29. The lowest BCUT2D eigenvalue weighted by atomic mass is 9.99. The van der Waals surface area contributed by atoms with Crippen molar-refractivity contribution < 1.29 is 9.59 Å². The van der Waals surface area contributed by atoms with Gasteiger partial charge >= 0.3 is 0 Å². The van der Waals surface area contributed by atoms with Crippen molar-refractivity contribution in [1.82, 2.24) is 4.90 Å². The Kier molecular flexibility index (Phi) is 5.63. The van der Waals surface area contributed by atoms with E-state index in [0.29, 0.717) is 40.8 Å². The van der Waals surface area contributed by atoms with Gasteiger partial charge in [0.05, 0.1) is 11.3 Å². The van der Waals surface area contributed by atoms with Crippen LogP contribution < -0.4 is 5.32 Å². The number of likely N-dealkylation sites (tertiary alicyclic amines) is 1. The van der Waals surface area contributed by atoms with Gasteiger partial charge in [-0.25, -0.2) is 0 Å². The highest BCUT2D eigenvalue weighted by Crippen LogP contribution is 2.29. The van der Waals surface area contributed by atoms with Crippen LogP contribution >= 0.6 is 11.6 Å². The molecule has 1 fully saturated rings. The molecule has 146 valence electrons. The molecular weight excluding hydrogens is 384 g/mol. The minimum atomic E-state index is -0.295. The van der Waals surface area contributed by atoms with Crippen molar-refractivity contribution in [1.29, 1.82) is 0 Å². The van der Waals surface area contributed by atoms with Crippen LogP contribution in [0.1, 0.15) is 38.6 Å². The summed E-state index contributed by atoms with van der Waals surface area (Å²) in [4.78, 5) is 27.6. The first-order valence-electron chi connectivity index (χ1n) is 9.62. The van der Waals surface area contributed by atoms with E-state index in [1.807, 2.05) is 29.2 Å². The van der Waals surface area contributed by atoms with E-state index in [0.717, 1.165) is 6.42 Å². The molecule has 0 aromatic heterocycles. The van der Waals surface area contributed by atoms with E-state index in [1.54, 1.807) is 42.5 Å². The van der Waals surface area contributed by atoms with Crippen LogP contribution in [0, 0.1) is 0 Å². The number of rotatable bonds is 4. The third-order valence-electron chi connectivity index (χ3n) is 5.24. The molecule has 4 rings (SSSR count). The smallest absolute Gasteiger partial charge is 0.255 e. The van der Waals surface area contributed by atoms with Crippen molar-refractivity contribution in [3.8, 4) is 0 Å². The number of nitrogens with zero attached hydrogens (tertiary/aromatic N) is 1. The second-order valence-corrected chi connectivity index (χ2v) is 7.59. The van der Waals surface area contributed by atoms with Gasteiger partial charge < -0.3 is 10.2 Å². The lowest BCUT2D eigenvalue weighted by Crippen LogP contribution is -2.29. The Bertz CT molecular complexity index is 1040. The van der Waals surface area contributed by atoms with Gasteiger partial charge in [-0.15, -0.1) is 0 Å². The van der Waals surface area contributed by atoms with Gasteiger partial charge in [0.2, 0.25) is 0 Å². The molecule has 3 aromatic rings. The van der Waals surface area contributed by atoms with Gasteiger partial charge in [-0.1, -0.05) is 60.1 Å². The van der Waals surface area contributed by atoms with Crippen molar-refractivity contribution in [2.24, 2.45) is 0 Å². The lowest BCUT2D eigenvalue weighted by Gasteiger charge is -2.19. The summed E-state index contributed by atoms with van der Waals surface area (Å²) in [6.07, 6.45) is 0.937. The van der Waals surface area contributed by atoms with Crippen molar-refractivity contribution in [2.75, 3.05) is 18.4 Å². The maximum absolute atomic E-state index is 13.2. The zero-order chi connectivity index (χ0) is 20.2. The number of nitrogens with one attached hydrogen (secondary N) is 1. The average molecular weight is 405 g/mol. The van der Waals surface area contributed by atoms with E-state index in [2.05, 4.69) is 17.4 Å². The zero-order valence-corrected chi connectivity index (χ0v) is 16.6. The molecule has 3 aromatic carbocycles. The minimum absolute atomic E-state index is 0.0644. The predicted molar refractivity (Wildman–Crippen MR) is 116 cm³/mol. The lowest BCUT2D eigenvalue weighted by molar-refractivity contribution is 0.0792. The van der Waals surface area contributed by atoms with E-state index in [9.17, 15) is 9.59 Å². The number of hydrogen-bond acceptors (Lipinski definition) is 2. The minimum Gasteiger partial charge on any atom is -0.338 e. The van der Waals surface area contributed by atoms with Gasteiger partial charge in [-0.3, -0.25) is 9.59 Å². The molecule has 5 heteroatoms. The first kappa shape index (κ1) is 19.2. The molecule has 0 aliphatic carbocycles. The number of amides is 2. The molecule has 0 saturated carbocycles. The molecule has 1 aliphatic heterocycles. The van der Waals surface area contributed by atoms with Gasteiger partial charge in [0.25, 0.3) is 11.8 Å². The monoisotopic (exact) mass is 404 g/mol. The molecule has 4 nitrogen and oxygen atoms in total. The molecule has 2 amide bonds. The van der Waals surface area contributed by atoms with E-state index in [-0.39, 0.29) is 11.8 Å². The Morgan fingerprint density at radius 3 is 2.48 bits per heavy atom. The summed E-state index contributed by atoms with van der Waals surface area (Å²) in [5.74, 6) is -0.0184. The van der Waals surface area contributed by atoms with Crippen molar-refractivity contribution in [2.45, 2.75) is 12.3 Å². The van der Waals surface area contributed by atoms with Gasteiger partial charge in [-0.2, -0.15) is 0 Å². The number of benzene rings is 3. The quantitative estimate of drug-likeness (QED) is 0.647. The Morgan fingerprint density at radius 1 is 0.931 bits per heavy atom. The van der Waals surface area contributed by atoms with Crippen LogP contribution in [-0.4, -0.2) is 29.8 Å². The van der Waals surface area contributed by atoms with Crippen LogP contribution in [0.5, 0.6) is 0 Å². The van der Waals surface area contributed by atoms with E-state index < -0.39 is 0 Å². The largest absolute Gasteiger partial charge is 0.338 e. The number of para-hydroxylation sites is 1. The first-order chi connectivity index (χ1) is 14.1. The molecule has 1 atom stereocenters. The predicted octanol–water partition coefficient (Wildman–Crippen LogP) is 5.22. The zero-order valence-electron chi connectivity index (χ0n) is 15.8. The third kappa shape index (κ3) is 4.33. The summed E-state index contributed by atoms with van der Waals surface area (Å²) in [7, 11) is 0. The SMILES string of the molecule is O=C(Nc1ccccc1C(=O)N1CCC(c2ccccc2)C1)c1cccc(Cl)c1. The summed E-state index contributed by atoms with van der Waals surface area (Å²) in [5, 5.41) is 3.35. The number of hydrogen-bond donors (Lipinski definition) is 1. The summed E-state index contributed by atoms with van der Waals surface area (Å²) < 4.78 is 0. The topological polar surface area (TPSA) is 49.4 Å². The van der Waals surface area contributed by atoms with Gasteiger partial charge in [0.1, 0.15) is 0 Å². The van der Waals surface area contributed by atoms with E-state index >= 15 is 0 Å². The van der Waals surface area contributed by atoms with Crippen LogP contribution in [0.25, 0.3) is 0 Å². The highest BCUT2D eigenvalue weighted by atomic mass is 35.5. The number of carbonyl (C=O) groups is 2. The Morgan fingerprint density at radius 2 is 1.69 bits per heavy atom. The Hall–Kier alpha value is -3.11. The van der Waals surface area contributed by atoms with Gasteiger partial charge in [0, 0.05) is 29.6 Å². The van der Waals surface area contributed by atoms with Crippen LogP contribution in [0.15, 0.2) is 78.9 Å². The maximum atomic E-state index is 13.2. The molecule has 1 heterocycles. The Balaban J connectivity index is 1.51. The van der Waals surface area contributed by atoms with Crippen molar-refractivity contribution in [3.05, 3.63) is 101 Å². The van der Waals surface area contributed by atoms with Gasteiger partial charge in [-0.05, 0) is 42.3 Å². The van der Waals surface area contributed by atoms with Crippen molar-refractivity contribution in [3.63, 3.8) is 0 Å². The molecule has 0 radical (unpaired) electrons. The third-order valence-corrected chi connectivity index (χ3v) is 5.47. The van der Waals surface area contributed by atoms with E-state index in [4.69, 9.17) is 11.6 Å². The summed E-state index contributed by atoms with van der Waals surface area (Å²) >= 11 is 5.98. The van der Waals surface area contributed by atoms with Crippen LogP contribution in [0.3, 0.4) is 0 Å². The molecule has 1 N–H and O–H groups in total. The van der Waals surface area contributed by atoms with E-state index in [1.165, 1.54) is 5.56 Å². The maximum Gasteiger partial charge on any atom is 0.255 e. The molecule has 0 spiro atoms. The fourth-order valence-corrected chi connectivity index (χ4v) is 3.91. The second-order valence-electron chi connectivity index (χ2n) is 7.16. The average Bonchev–Trinajstić information content (AvgIpc) is 3.25. The first-order valence-corrected chi connectivity index (χ1v) is 10.00. The normalized spacial score (nSPS) is 15.9. The van der Waals surface area contributed by atoms with Crippen LogP contribution in [0.4, 0.5) is 5.69 Å². The molecule has 1 unspecified atom stereocenters. The number of anilines is 1. The molecule has 1 aliphatic rings. The number of carbonyl (C=O) groups excluding carboxylic acids is 2. The van der Waals surface area contributed by atoms with Crippen LogP contribution in [0.2, 0.25) is 5.02 Å². The standard InChI is InChI=1S/C24H21ClN2O2/c25-20-10-6-9-18(15-20)23(28)26-22-12-5-4-11-21(22)24(29)27-14-13-19(16-27)17-7-2-1-3-8-17/h1-12,15,19H,13-14,16H2,(H,26,28). The number of halogens is 1. The summed E-state index contributed by atoms with van der Waals surface area (Å²) in [5.41, 5.74) is 2.71. The Labute approximate surface area is 175 Å². The summed E-state index contributed by atoms with van der Waals surface area (Å²) in [6, 6.07) is 24.1. The highest BCUT2D eigenvalue weighted by molar-refractivity contribution is 6.31. The van der Waals surface area contributed by atoms with Gasteiger partial charge in [0.15, 0.2) is 0 Å². The molecular formula is C24H21ClN2O2. The second kappa shape index (κ2) is 8.50. The van der Waals surface area contributed by atoms with Crippen LogP contribution in [-0.2, 0) is 0 Å². The molecule has 0 bridgehead atoms. The molecule has 1 saturated heterocycles. The summed E-state index contributed by atoms with van der Waals surface area (Å²) in [6.45, 7) is 1.38. The van der Waals surface area contributed by atoms with Crippen molar-refractivity contribution >= 4 is 29.1 Å². The fraction of sp³-hybridized carbons (Fsp3) is 0.167. The molecule has 29 heavy (non-hydrogen) atoms.